The first-order valence-corrected chi connectivity index (χ1v) is 8.63. The Morgan fingerprint density at radius 2 is 2.17 bits per heavy atom. The van der Waals surface area contributed by atoms with Gasteiger partial charge in [0.1, 0.15) is 0 Å². The van der Waals surface area contributed by atoms with Crippen LogP contribution in [0.3, 0.4) is 0 Å². The fourth-order valence-electron chi connectivity index (χ4n) is 2.04. The minimum Gasteiger partial charge on any atom is -0.347 e. The lowest BCUT2D eigenvalue weighted by Crippen LogP contribution is -2.37. The predicted molar refractivity (Wildman–Crippen MR) is 95.2 cm³/mol. The van der Waals surface area contributed by atoms with E-state index in [-0.39, 0.29) is 5.92 Å². The van der Waals surface area contributed by atoms with Crippen molar-refractivity contribution in [1.82, 2.24) is 20.0 Å². The van der Waals surface area contributed by atoms with Gasteiger partial charge in [0.15, 0.2) is 0 Å². The summed E-state index contributed by atoms with van der Waals surface area (Å²) in [6, 6.07) is 3.99. The zero-order valence-electron chi connectivity index (χ0n) is 14.2. The zero-order valence-corrected chi connectivity index (χ0v) is 15.0. The number of carbonyl (C=O) groups is 2. The Bertz CT molecular complexity index is 666. The third-order valence-corrected chi connectivity index (χ3v) is 4.58. The topological polar surface area (TPSA) is 79.3 Å². The van der Waals surface area contributed by atoms with Crippen molar-refractivity contribution in [2.45, 2.75) is 19.4 Å². The Morgan fingerprint density at radius 3 is 2.83 bits per heavy atom. The van der Waals surface area contributed by atoms with Crippen LogP contribution in [0, 0.1) is 0 Å². The number of thiophene rings is 1. The van der Waals surface area contributed by atoms with Gasteiger partial charge in [-0.05, 0) is 25.5 Å². The van der Waals surface area contributed by atoms with Gasteiger partial charge in [0.05, 0.1) is 18.4 Å². The second kappa shape index (κ2) is 8.60. The molecule has 0 aliphatic heterocycles. The van der Waals surface area contributed by atoms with E-state index in [0.29, 0.717) is 18.8 Å². The van der Waals surface area contributed by atoms with E-state index in [1.54, 1.807) is 22.2 Å². The smallest absolute Gasteiger partial charge is 0.313 e. The maximum atomic E-state index is 11.9. The van der Waals surface area contributed by atoms with Crippen molar-refractivity contribution in [2.24, 2.45) is 0 Å². The summed E-state index contributed by atoms with van der Waals surface area (Å²) < 4.78 is 1.73. The Labute approximate surface area is 145 Å². The van der Waals surface area contributed by atoms with Crippen LogP contribution in [-0.2, 0) is 16.1 Å². The molecule has 7 nitrogen and oxygen atoms in total. The summed E-state index contributed by atoms with van der Waals surface area (Å²) >= 11 is 1.64. The summed E-state index contributed by atoms with van der Waals surface area (Å²) in [6.07, 6.45) is 3.25. The van der Waals surface area contributed by atoms with Gasteiger partial charge in [0, 0.05) is 30.1 Å². The van der Waals surface area contributed by atoms with E-state index < -0.39 is 11.8 Å². The Morgan fingerprint density at radius 1 is 1.38 bits per heavy atom. The average Bonchev–Trinajstić information content (AvgIpc) is 3.21. The molecule has 130 valence electrons. The van der Waals surface area contributed by atoms with E-state index in [4.69, 9.17) is 0 Å². The van der Waals surface area contributed by atoms with Gasteiger partial charge in [-0.15, -0.1) is 11.3 Å². The summed E-state index contributed by atoms with van der Waals surface area (Å²) in [5.41, 5.74) is 0.514. The molecule has 0 aromatic carbocycles. The molecule has 2 aromatic rings. The van der Waals surface area contributed by atoms with E-state index in [0.717, 1.165) is 6.54 Å². The highest BCUT2D eigenvalue weighted by Crippen LogP contribution is 2.19. The van der Waals surface area contributed by atoms with Crippen LogP contribution in [0.1, 0.15) is 17.7 Å². The van der Waals surface area contributed by atoms with Crippen LogP contribution < -0.4 is 10.6 Å². The molecule has 2 rings (SSSR count). The number of amides is 2. The predicted octanol–water partition coefficient (Wildman–Crippen LogP) is 1.36. The molecule has 0 saturated carbocycles. The standard InChI is InChI=1S/C16H23N5O2S/c1-12(14-5-4-8-24-14)9-17-15(22)16(23)19-13-10-18-21(11-13)7-6-20(2)3/h4-5,8,10-12H,6-7,9H2,1-3H3,(H,17,22)(H,19,23)/t12-/m1/s1. The summed E-state index contributed by atoms with van der Waals surface area (Å²) in [6.45, 7) is 4.00. The highest BCUT2D eigenvalue weighted by molar-refractivity contribution is 7.10. The molecule has 0 unspecified atom stereocenters. The molecule has 0 saturated heterocycles. The Hall–Kier alpha value is -2.19. The first kappa shape index (κ1) is 18.2. The molecule has 2 N–H and O–H groups in total. The second-order valence-corrected chi connectivity index (χ2v) is 6.86. The minimum absolute atomic E-state index is 0.176. The van der Waals surface area contributed by atoms with Gasteiger partial charge in [-0.3, -0.25) is 14.3 Å². The fraction of sp³-hybridized carbons (Fsp3) is 0.438. The van der Waals surface area contributed by atoms with Crippen LogP contribution in [0.15, 0.2) is 29.9 Å². The maximum absolute atomic E-state index is 11.9. The maximum Gasteiger partial charge on any atom is 0.313 e. The van der Waals surface area contributed by atoms with Crippen molar-refractivity contribution in [2.75, 3.05) is 32.5 Å². The van der Waals surface area contributed by atoms with Crippen LogP contribution in [0.2, 0.25) is 0 Å². The second-order valence-electron chi connectivity index (χ2n) is 5.88. The highest BCUT2D eigenvalue weighted by Gasteiger charge is 2.16. The SMILES string of the molecule is C[C@H](CNC(=O)C(=O)Nc1cnn(CCN(C)C)c1)c1cccs1. The number of rotatable bonds is 7. The summed E-state index contributed by atoms with van der Waals surface area (Å²) in [7, 11) is 3.96. The number of anilines is 1. The highest BCUT2D eigenvalue weighted by atomic mass is 32.1. The van der Waals surface area contributed by atoms with Crippen molar-refractivity contribution in [1.29, 1.82) is 0 Å². The van der Waals surface area contributed by atoms with Crippen LogP contribution in [0.5, 0.6) is 0 Å². The van der Waals surface area contributed by atoms with Crippen molar-refractivity contribution in [3.05, 3.63) is 34.8 Å². The lowest BCUT2D eigenvalue weighted by Gasteiger charge is -2.10. The third-order valence-electron chi connectivity index (χ3n) is 3.47. The normalized spacial score (nSPS) is 12.2. The molecule has 24 heavy (non-hydrogen) atoms. The minimum atomic E-state index is -0.680. The van der Waals surface area contributed by atoms with Gasteiger partial charge in [-0.1, -0.05) is 13.0 Å². The Kier molecular flexibility index (Phi) is 6.51. The molecular weight excluding hydrogens is 326 g/mol. The van der Waals surface area contributed by atoms with Crippen LogP contribution >= 0.6 is 11.3 Å². The van der Waals surface area contributed by atoms with Crippen LogP contribution in [-0.4, -0.2) is 53.7 Å². The summed E-state index contributed by atoms with van der Waals surface area (Å²) in [5, 5.41) is 11.4. The van der Waals surface area contributed by atoms with Gasteiger partial charge in [0.25, 0.3) is 0 Å². The zero-order chi connectivity index (χ0) is 17.5. The molecule has 0 spiro atoms. The molecule has 2 amide bonds. The fourth-order valence-corrected chi connectivity index (χ4v) is 2.83. The molecule has 0 aliphatic rings. The van der Waals surface area contributed by atoms with Gasteiger partial charge in [0.2, 0.25) is 0 Å². The van der Waals surface area contributed by atoms with Gasteiger partial charge in [-0.25, -0.2) is 0 Å². The quantitative estimate of drug-likeness (QED) is 0.740. The number of carbonyl (C=O) groups excluding carboxylic acids is 2. The summed E-state index contributed by atoms with van der Waals surface area (Å²) in [5.74, 6) is -1.14. The average molecular weight is 349 g/mol. The van der Waals surface area contributed by atoms with Gasteiger partial charge < -0.3 is 15.5 Å². The molecule has 2 aromatic heterocycles. The molecule has 0 radical (unpaired) electrons. The molecular formula is C16H23N5O2S. The van der Waals surface area contributed by atoms with E-state index in [9.17, 15) is 9.59 Å². The van der Waals surface area contributed by atoms with E-state index in [2.05, 4.69) is 15.7 Å². The number of aromatic nitrogens is 2. The van der Waals surface area contributed by atoms with Crippen LogP contribution in [0.4, 0.5) is 5.69 Å². The van der Waals surface area contributed by atoms with Gasteiger partial charge >= 0.3 is 11.8 Å². The lowest BCUT2D eigenvalue weighted by molar-refractivity contribution is -0.136. The van der Waals surface area contributed by atoms with E-state index >= 15 is 0 Å². The molecule has 2 heterocycles. The lowest BCUT2D eigenvalue weighted by atomic mass is 10.1. The number of nitrogens with one attached hydrogen (secondary N) is 2. The van der Waals surface area contributed by atoms with Gasteiger partial charge in [-0.2, -0.15) is 5.10 Å². The largest absolute Gasteiger partial charge is 0.347 e. The summed E-state index contributed by atoms with van der Waals surface area (Å²) in [4.78, 5) is 27.0. The van der Waals surface area contributed by atoms with E-state index in [1.165, 1.54) is 11.1 Å². The molecule has 0 bridgehead atoms. The van der Waals surface area contributed by atoms with E-state index in [1.807, 2.05) is 43.4 Å². The number of nitrogens with zero attached hydrogens (tertiary/aromatic N) is 3. The molecule has 0 aliphatic carbocycles. The molecule has 8 heteroatoms. The van der Waals surface area contributed by atoms with Crippen LogP contribution in [0.25, 0.3) is 0 Å². The number of likely N-dealkylation sites (N-methyl/N-ethyl adjacent to an activating group) is 1. The third kappa shape index (κ3) is 5.47. The van der Waals surface area contributed by atoms with Crippen molar-refractivity contribution in [3.8, 4) is 0 Å². The number of hydrogen-bond donors (Lipinski definition) is 2. The molecule has 0 fully saturated rings. The van der Waals surface area contributed by atoms with Crippen molar-refractivity contribution in [3.63, 3.8) is 0 Å². The molecule has 1 atom stereocenters. The number of hydrogen-bond acceptors (Lipinski definition) is 5. The first-order valence-electron chi connectivity index (χ1n) is 7.75. The van der Waals surface area contributed by atoms with Crippen molar-refractivity contribution < 1.29 is 9.59 Å². The van der Waals surface area contributed by atoms with Crippen molar-refractivity contribution >= 4 is 28.8 Å². The first-order chi connectivity index (χ1) is 11.5. The monoisotopic (exact) mass is 349 g/mol. The Balaban J connectivity index is 1.78.